The first-order chi connectivity index (χ1) is 33.0. The molecule has 1 unspecified atom stereocenters. The number of rotatable bonds is 28. The van der Waals surface area contributed by atoms with Crippen molar-refractivity contribution < 1.29 is 90.5 Å². The van der Waals surface area contributed by atoms with Gasteiger partial charge in [0.2, 0.25) is 12.4 Å². The molecule has 408 valence electrons. The van der Waals surface area contributed by atoms with E-state index in [1.54, 1.807) is 83.1 Å². The van der Waals surface area contributed by atoms with Crippen LogP contribution >= 0.6 is 0 Å². The zero-order valence-electron chi connectivity index (χ0n) is 45.2. The summed E-state index contributed by atoms with van der Waals surface area (Å²) in [4.78, 5) is 109. The van der Waals surface area contributed by atoms with Crippen LogP contribution in [0.5, 0.6) is 0 Å². The molecule has 0 aromatic rings. The van der Waals surface area contributed by atoms with Gasteiger partial charge in [-0.15, -0.1) is 0 Å². The summed E-state index contributed by atoms with van der Waals surface area (Å²) in [6.07, 6.45) is -17.4. The van der Waals surface area contributed by atoms with E-state index in [0.29, 0.717) is 0 Å². The molecule has 2 rings (SSSR count). The molecule has 0 saturated carbocycles. The fraction of sp³-hybridized carbons (Fsp3) is 0.846. The maximum atomic E-state index is 13.9. The van der Waals surface area contributed by atoms with Gasteiger partial charge < -0.3 is 52.1 Å². The van der Waals surface area contributed by atoms with E-state index in [2.05, 4.69) is 0 Å². The average Bonchev–Trinajstić information content (AvgIpc) is 3.18. The van der Waals surface area contributed by atoms with Crippen molar-refractivity contribution in [1.82, 2.24) is 0 Å². The second-order valence-corrected chi connectivity index (χ2v) is 22.1. The van der Waals surface area contributed by atoms with Crippen LogP contribution in [-0.4, -0.2) is 122 Å². The molecule has 2 aliphatic rings. The Hall–Kier alpha value is -4.36. The SMILES string of the molecule is CC(C)CC(=O)OC[C@H]1O[C@@H](O[C@H]2[C@H](OC(=O)CC(C)C)[C@@H](OC(=O)CC(C)C)C(OC(=O)CC(C)C)O[C@@H]2COC(=O)CC(C)C)[C@H](OC(=O)CC(C)C)[C@@H](OC(=O)CC(C)C)[C@H]1OC(=O)CC(C)C. The van der Waals surface area contributed by atoms with Gasteiger partial charge in [-0.1, -0.05) is 111 Å². The van der Waals surface area contributed by atoms with Crippen LogP contribution in [0.15, 0.2) is 0 Å². The second-order valence-electron chi connectivity index (χ2n) is 22.1. The third-order valence-corrected chi connectivity index (χ3v) is 10.5. The highest BCUT2D eigenvalue weighted by atomic mass is 16.8. The van der Waals surface area contributed by atoms with Gasteiger partial charge in [-0.25, -0.2) is 0 Å². The first kappa shape index (κ1) is 62.8. The van der Waals surface area contributed by atoms with Gasteiger partial charge in [0.1, 0.15) is 31.5 Å². The lowest BCUT2D eigenvalue weighted by atomic mass is 9.95. The molecule has 71 heavy (non-hydrogen) atoms. The van der Waals surface area contributed by atoms with Crippen LogP contribution in [0.3, 0.4) is 0 Å². The lowest BCUT2D eigenvalue weighted by Crippen LogP contribution is -2.67. The molecule has 0 aromatic heterocycles. The smallest absolute Gasteiger partial charge is 0.308 e. The van der Waals surface area contributed by atoms with Crippen molar-refractivity contribution in [2.45, 2.75) is 224 Å². The Balaban J connectivity index is 3.09. The van der Waals surface area contributed by atoms with Gasteiger partial charge in [-0.3, -0.25) is 38.4 Å². The van der Waals surface area contributed by atoms with Crippen LogP contribution in [0.2, 0.25) is 0 Å². The first-order valence-electron chi connectivity index (χ1n) is 25.5. The molecule has 0 aliphatic carbocycles. The van der Waals surface area contributed by atoms with Crippen molar-refractivity contribution in [2.24, 2.45) is 47.3 Å². The van der Waals surface area contributed by atoms with E-state index in [1.807, 2.05) is 27.7 Å². The standard InChI is InChI=1S/C52H86O19/c1-27(2)17-37(53)61-25-35-45(65-39(55)19-29(5)6)47(66-40(56)20-30(7)8)50(69-43(59)23-33(13)14)52(64-35)71-46-36(26-62-38(54)18-28(3)4)63-51(70-44(60)24-34(15)16)49(68-42(58)22-32(11)12)48(46)67-41(57)21-31(9)10/h27-36,45-52H,17-26H2,1-16H3/t35-,36-,45+,46-,47+,48+,49-,50-,51?,52+/m1/s1. The molecule has 0 aromatic carbocycles. The third-order valence-electron chi connectivity index (χ3n) is 10.5. The van der Waals surface area contributed by atoms with Gasteiger partial charge >= 0.3 is 47.8 Å². The van der Waals surface area contributed by atoms with Crippen LogP contribution in [0.4, 0.5) is 0 Å². The Bertz CT molecular complexity index is 1720. The molecule has 2 heterocycles. The topological polar surface area (TPSA) is 238 Å². The fourth-order valence-corrected chi connectivity index (χ4v) is 7.52. The molecular weight excluding hydrogens is 929 g/mol. The van der Waals surface area contributed by atoms with E-state index >= 15 is 0 Å². The van der Waals surface area contributed by atoms with Gasteiger partial charge in [0.05, 0.1) is 0 Å². The minimum absolute atomic E-state index is 0.00652. The lowest BCUT2D eigenvalue weighted by Gasteiger charge is -2.48. The summed E-state index contributed by atoms with van der Waals surface area (Å²) >= 11 is 0. The summed E-state index contributed by atoms with van der Waals surface area (Å²) in [6, 6.07) is 0. The molecule has 0 spiro atoms. The highest BCUT2D eigenvalue weighted by molar-refractivity contribution is 5.73. The molecule has 2 aliphatic heterocycles. The van der Waals surface area contributed by atoms with Crippen molar-refractivity contribution in [2.75, 3.05) is 13.2 Å². The first-order valence-corrected chi connectivity index (χ1v) is 25.5. The molecular formula is C52H86O19. The molecule has 0 N–H and O–H groups in total. The summed E-state index contributed by atoms with van der Waals surface area (Å²) in [5.74, 6) is -7.36. The van der Waals surface area contributed by atoms with E-state index in [9.17, 15) is 38.4 Å². The number of hydrogen-bond donors (Lipinski definition) is 0. The predicted octanol–water partition coefficient (Wildman–Crippen LogP) is 7.38. The Morgan fingerprint density at radius 2 is 0.535 bits per heavy atom. The van der Waals surface area contributed by atoms with Crippen LogP contribution in [0.1, 0.15) is 162 Å². The van der Waals surface area contributed by atoms with Crippen LogP contribution in [-0.2, 0) is 90.5 Å². The lowest BCUT2D eigenvalue weighted by molar-refractivity contribution is -0.358. The van der Waals surface area contributed by atoms with Crippen LogP contribution < -0.4 is 0 Å². The molecule has 19 heteroatoms. The number of hydrogen-bond acceptors (Lipinski definition) is 19. The van der Waals surface area contributed by atoms with E-state index in [4.69, 9.17) is 52.1 Å². The number of ether oxygens (including phenoxy) is 11. The fourth-order valence-electron chi connectivity index (χ4n) is 7.52. The van der Waals surface area contributed by atoms with E-state index in [-0.39, 0.29) is 98.7 Å². The summed E-state index contributed by atoms with van der Waals surface area (Å²) in [5, 5.41) is 0. The number of esters is 8. The van der Waals surface area contributed by atoms with Crippen molar-refractivity contribution in [3.8, 4) is 0 Å². The summed E-state index contributed by atoms with van der Waals surface area (Å²) in [7, 11) is 0. The molecule has 0 amide bonds. The Labute approximate surface area is 421 Å². The molecule has 2 saturated heterocycles. The summed E-state index contributed by atoms with van der Waals surface area (Å²) < 4.78 is 67.6. The van der Waals surface area contributed by atoms with Crippen LogP contribution in [0, 0.1) is 47.3 Å². The maximum absolute atomic E-state index is 13.9. The van der Waals surface area contributed by atoms with Crippen molar-refractivity contribution >= 4 is 47.8 Å². The number of carbonyl (C=O) groups is 8. The molecule has 0 radical (unpaired) electrons. The van der Waals surface area contributed by atoms with Gasteiger partial charge in [0, 0.05) is 51.4 Å². The minimum atomic E-state index is -1.88. The quantitative estimate of drug-likeness (QED) is 0.0549. The molecule has 10 atom stereocenters. The highest BCUT2D eigenvalue weighted by Crippen LogP contribution is 2.37. The maximum Gasteiger partial charge on any atom is 0.308 e. The third kappa shape index (κ3) is 23.8. The van der Waals surface area contributed by atoms with Crippen LogP contribution in [0.25, 0.3) is 0 Å². The zero-order chi connectivity index (χ0) is 53.9. The monoisotopic (exact) mass is 1010 g/mol. The van der Waals surface area contributed by atoms with E-state index in [0.717, 1.165) is 0 Å². The van der Waals surface area contributed by atoms with Crippen molar-refractivity contribution in [3.05, 3.63) is 0 Å². The summed E-state index contributed by atoms with van der Waals surface area (Å²) in [6.45, 7) is 27.4. The van der Waals surface area contributed by atoms with E-state index < -0.39 is 122 Å². The highest BCUT2D eigenvalue weighted by Gasteiger charge is 2.58. The molecule has 19 nitrogen and oxygen atoms in total. The normalized spacial score (nSPS) is 24.6. The van der Waals surface area contributed by atoms with Crippen molar-refractivity contribution in [3.63, 3.8) is 0 Å². The van der Waals surface area contributed by atoms with Gasteiger partial charge in [-0.2, -0.15) is 0 Å². The zero-order valence-corrected chi connectivity index (χ0v) is 45.2. The predicted molar refractivity (Wildman–Crippen MR) is 255 cm³/mol. The van der Waals surface area contributed by atoms with Gasteiger partial charge in [0.15, 0.2) is 30.7 Å². The largest absolute Gasteiger partial charge is 0.463 e. The molecule has 2 fully saturated rings. The van der Waals surface area contributed by atoms with Crippen molar-refractivity contribution in [1.29, 1.82) is 0 Å². The average molecular weight is 1020 g/mol. The summed E-state index contributed by atoms with van der Waals surface area (Å²) in [5.41, 5.74) is 0. The molecule has 0 bridgehead atoms. The number of carbonyl (C=O) groups excluding carboxylic acids is 8. The second kappa shape index (κ2) is 30.6. The Morgan fingerprint density at radius 3 is 0.873 bits per heavy atom. The Morgan fingerprint density at radius 1 is 0.296 bits per heavy atom. The minimum Gasteiger partial charge on any atom is -0.463 e. The van der Waals surface area contributed by atoms with E-state index in [1.165, 1.54) is 0 Å². The van der Waals surface area contributed by atoms with Gasteiger partial charge in [-0.05, 0) is 47.3 Å². The Kier molecular flexibility index (Phi) is 27.1. The van der Waals surface area contributed by atoms with Gasteiger partial charge in [0.25, 0.3) is 0 Å².